The van der Waals surface area contributed by atoms with Gasteiger partial charge in [-0.3, -0.25) is 0 Å². The van der Waals surface area contributed by atoms with Gasteiger partial charge in [-0.15, -0.1) is 0 Å². The number of para-hydroxylation sites is 3. The van der Waals surface area contributed by atoms with Crippen molar-refractivity contribution >= 4 is 43.7 Å². The molecule has 3 nitrogen and oxygen atoms in total. The van der Waals surface area contributed by atoms with Crippen molar-refractivity contribution in [2.24, 2.45) is 0 Å². The summed E-state index contributed by atoms with van der Waals surface area (Å²) in [7, 11) is 0. The second-order valence-corrected chi connectivity index (χ2v) is 15.9. The van der Waals surface area contributed by atoms with Crippen molar-refractivity contribution < 1.29 is 4.42 Å². The molecule has 0 fully saturated rings. The molecule has 290 valence electrons. The van der Waals surface area contributed by atoms with Crippen LogP contribution in [-0.2, 0) is 0 Å². The average molecular weight is 791 g/mol. The molecule has 0 radical (unpaired) electrons. The average Bonchev–Trinajstić information content (AvgIpc) is 3.90. The molecule has 0 aliphatic carbocycles. The van der Waals surface area contributed by atoms with Crippen LogP contribution in [0.2, 0.25) is 0 Å². The Morgan fingerprint density at radius 2 is 0.823 bits per heavy atom. The van der Waals surface area contributed by atoms with E-state index in [1.54, 1.807) is 0 Å². The minimum Gasteiger partial charge on any atom is -0.455 e. The quantitative estimate of drug-likeness (QED) is 0.161. The largest absolute Gasteiger partial charge is 0.455 e. The Balaban J connectivity index is 0.955. The molecule has 0 N–H and O–H groups in total. The fourth-order valence-corrected chi connectivity index (χ4v) is 9.31. The summed E-state index contributed by atoms with van der Waals surface area (Å²) in [6, 6.07) is 82.2. The van der Waals surface area contributed by atoms with Crippen molar-refractivity contribution in [3.8, 4) is 72.7 Å². The molecule has 3 heteroatoms. The Morgan fingerprint density at radius 3 is 1.56 bits per heavy atom. The van der Waals surface area contributed by atoms with Crippen LogP contribution in [0.5, 0.6) is 0 Å². The van der Waals surface area contributed by atoms with Crippen LogP contribution in [0.25, 0.3) is 116 Å². The highest BCUT2D eigenvalue weighted by Crippen LogP contribution is 2.44. The third-order valence-corrected chi connectivity index (χ3v) is 12.2. The molecule has 3 aromatic heterocycles. The Bertz CT molecular complexity index is 3560. The molecule has 9 aromatic carbocycles. The van der Waals surface area contributed by atoms with Gasteiger partial charge in [0.1, 0.15) is 11.2 Å². The fraction of sp³-hybridized carbons (Fsp3) is 0. The molecule has 12 rings (SSSR count). The van der Waals surface area contributed by atoms with Gasteiger partial charge in [-0.1, -0.05) is 182 Å². The van der Waals surface area contributed by atoms with Crippen molar-refractivity contribution in [1.29, 1.82) is 0 Å². The first-order valence-electron chi connectivity index (χ1n) is 21.1. The van der Waals surface area contributed by atoms with Crippen LogP contribution in [0, 0.1) is 0 Å². The molecule has 0 amide bonds. The summed E-state index contributed by atoms with van der Waals surface area (Å²) in [5.41, 5.74) is 18.5. The zero-order chi connectivity index (χ0) is 41.0. The predicted octanol–water partition coefficient (Wildman–Crippen LogP) is 16.1. The van der Waals surface area contributed by atoms with Gasteiger partial charge in [0.2, 0.25) is 0 Å². The summed E-state index contributed by atoms with van der Waals surface area (Å²) < 4.78 is 8.92. The maximum Gasteiger partial charge on any atom is 0.143 e. The number of aromatic nitrogens is 2. The minimum absolute atomic E-state index is 0.902. The molecule has 0 spiro atoms. The van der Waals surface area contributed by atoms with Crippen molar-refractivity contribution in [2.75, 3.05) is 0 Å². The Labute approximate surface area is 359 Å². The Hall–Kier alpha value is -8.27. The molecule has 0 unspecified atom stereocenters. The molecule has 0 aliphatic rings. The third-order valence-electron chi connectivity index (χ3n) is 12.2. The maximum atomic E-state index is 6.54. The van der Waals surface area contributed by atoms with Crippen LogP contribution in [0.1, 0.15) is 0 Å². The van der Waals surface area contributed by atoms with Gasteiger partial charge < -0.3 is 8.98 Å². The van der Waals surface area contributed by atoms with Gasteiger partial charge >= 0.3 is 0 Å². The van der Waals surface area contributed by atoms with Crippen molar-refractivity contribution in [1.82, 2.24) is 9.55 Å². The van der Waals surface area contributed by atoms with Gasteiger partial charge in [0.15, 0.2) is 0 Å². The van der Waals surface area contributed by atoms with Crippen LogP contribution < -0.4 is 0 Å². The second-order valence-electron chi connectivity index (χ2n) is 15.9. The summed E-state index contributed by atoms with van der Waals surface area (Å²) in [6.07, 6.45) is 0. The van der Waals surface area contributed by atoms with Gasteiger partial charge in [0.25, 0.3) is 0 Å². The van der Waals surface area contributed by atoms with Crippen molar-refractivity contribution in [2.45, 2.75) is 0 Å². The zero-order valence-electron chi connectivity index (χ0n) is 33.7. The Morgan fingerprint density at radius 1 is 0.306 bits per heavy atom. The van der Waals surface area contributed by atoms with E-state index in [0.29, 0.717) is 0 Å². The summed E-state index contributed by atoms with van der Waals surface area (Å²) in [5, 5.41) is 4.69. The van der Waals surface area contributed by atoms with E-state index in [1.807, 2.05) is 18.2 Å². The summed E-state index contributed by atoms with van der Waals surface area (Å²) in [5.74, 6) is 0. The van der Waals surface area contributed by atoms with Gasteiger partial charge in [-0.2, -0.15) is 0 Å². The van der Waals surface area contributed by atoms with E-state index in [9.17, 15) is 0 Å². The lowest BCUT2D eigenvalue weighted by molar-refractivity contribution is 0.670. The second kappa shape index (κ2) is 14.8. The summed E-state index contributed by atoms with van der Waals surface area (Å²) in [6.45, 7) is 0. The van der Waals surface area contributed by atoms with Crippen LogP contribution in [-0.4, -0.2) is 9.55 Å². The molecule has 3 heterocycles. The van der Waals surface area contributed by atoms with Crippen LogP contribution in [0.15, 0.2) is 235 Å². The van der Waals surface area contributed by atoms with E-state index in [2.05, 4.69) is 217 Å². The first-order valence-corrected chi connectivity index (χ1v) is 21.1. The fourth-order valence-electron chi connectivity index (χ4n) is 9.31. The summed E-state index contributed by atoms with van der Waals surface area (Å²) >= 11 is 0. The Kier molecular flexibility index (Phi) is 8.50. The lowest BCUT2D eigenvalue weighted by atomic mass is 9.88. The van der Waals surface area contributed by atoms with Crippen LogP contribution in [0.4, 0.5) is 0 Å². The van der Waals surface area contributed by atoms with E-state index in [-0.39, 0.29) is 0 Å². The lowest BCUT2D eigenvalue weighted by Crippen LogP contribution is -1.95. The number of rotatable bonds is 7. The van der Waals surface area contributed by atoms with Gasteiger partial charge in [-0.25, -0.2) is 4.98 Å². The molecule has 0 saturated heterocycles. The molecule has 0 bridgehead atoms. The topological polar surface area (TPSA) is 31.0 Å². The van der Waals surface area contributed by atoms with E-state index in [1.165, 1.54) is 44.1 Å². The summed E-state index contributed by atoms with van der Waals surface area (Å²) in [4.78, 5) is 5.19. The molecule has 0 aliphatic heterocycles. The number of benzene rings is 9. The first kappa shape index (κ1) is 35.7. The van der Waals surface area contributed by atoms with Crippen molar-refractivity contribution in [3.05, 3.63) is 231 Å². The molecule has 12 aromatic rings. The molecule has 62 heavy (non-hydrogen) atoms. The highest BCUT2D eigenvalue weighted by Gasteiger charge is 2.19. The van der Waals surface area contributed by atoms with Crippen molar-refractivity contribution in [3.63, 3.8) is 0 Å². The first-order chi connectivity index (χ1) is 30.7. The van der Waals surface area contributed by atoms with Gasteiger partial charge in [0, 0.05) is 43.9 Å². The van der Waals surface area contributed by atoms with Gasteiger partial charge in [-0.05, 0) is 87.5 Å². The molecule has 0 atom stereocenters. The standard InChI is InChI=1S/C59H38N2O/c1-3-16-39(17-4-1)43-37-54(40-18-5-2-6-19-40)60-55(38-43)41-30-33-44(34-31-41)61-56-28-13-11-24-49(56)53-36-42(32-35-57(53)61)45-20-7-8-21-46(45)47-22-9-10-23-48(47)51-26-15-27-52-50-25-12-14-29-58(50)62-59(51)52/h1-38H. The number of pyridine rings is 1. The van der Waals surface area contributed by atoms with E-state index >= 15 is 0 Å². The highest BCUT2D eigenvalue weighted by atomic mass is 16.3. The van der Waals surface area contributed by atoms with E-state index in [4.69, 9.17) is 9.40 Å². The number of hydrogen-bond donors (Lipinski definition) is 0. The molecular weight excluding hydrogens is 753 g/mol. The monoisotopic (exact) mass is 790 g/mol. The SMILES string of the molecule is c1ccc(-c2cc(-c3ccccc3)nc(-c3ccc(-n4c5ccccc5c5cc(-c6ccccc6-c6ccccc6-c6cccc7c6oc6ccccc67)ccc54)cc3)c2)cc1. The van der Waals surface area contributed by atoms with Crippen LogP contribution in [0.3, 0.4) is 0 Å². The van der Waals surface area contributed by atoms with E-state index in [0.717, 1.165) is 72.3 Å². The zero-order valence-corrected chi connectivity index (χ0v) is 33.7. The molecular formula is C59H38N2O. The smallest absolute Gasteiger partial charge is 0.143 e. The highest BCUT2D eigenvalue weighted by molar-refractivity contribution is 6.12. The lowest BCUT2D eigenvalue weighted by Gasteiger charge is -2.15. The minimum atomic E-state index is 0.902. The van der Waals surface area contributed by atoms with E-state index < -0.39 is 0 Å². The normalized spacial score (nSPS) is 11.5. The molecule has 0 saturated carbocycles. The van der Waals surface area contributed by atoms with Gasteiger partial charge in [0.05, 0.1) is 22.4 Å². The number of fused-ring (bicyclic) bond motifs is 6. The number of furan rings is 1. The number of nitrogens with zero attached hydrogens (tertiary/aromatic N) is 2. The third kappa shape index (κ3) is 6.02. The number of hydrogen-bond acceptors (Lipinski definition) is 2. The maximum absolute atomic E-state index is 6.54. The van der Waals surface area contributed by atoms with Crippen LogP contribution >= 0.6 is 0 Å². The predicted molar refractivity (Wildman–Crippen MR) is 258 cm³/mol.